The average molecular weight is 302 g/mol. The van der Waals surface area contributed by atoms with Gasteiger partial charge in [-0.25, -0.2) is 0 Å². The van der Waals surface area contributed by atoms with Crippen LogP contribution >= 0.6 is 11.3 Å². The maximum Gasteiger partial charge on any atom is 0.324 e. The molecule has 1 heterocycles. The molecule has 0 unspecified atom stereocenters. The lowest BCUT2D eigenvalue weighted by Crippen LogP contribution is -2.23. The van der Waals surface area contributed by atoms with Crippen molar-refractivity contribution in [3.63, 3.8) is 0 Å². The second kappa shape index (κ2) is 7.35. The van der Waals surface area contributed by atoms with Gasteiger partial charge >= 0.3 is 5.00 Å². The fourth-order valence-corrected chi connectivity index (χ4v) is 2.45. The zero-order valence-electron chi connectivity index (χ0n) is 11.2. The first-order valence-electron chi connectivity index (χ1n) is 6.39. The van der Waals surface area contributed by atoms with Gasteiger partial charge in [0, 0.05) is 23.6 Å². The van der Waals surface area contributed by atoms with Crippen molar-refractivity contribution in [2.24, 2.45) is 0 Å². The number of nitrogens with one attached hydrogen (secondary N) is 1. The molecule has 6 heteroatoms. The van der Waals surface area contributed by atoms with Crippen molar-refractivity contribution >= 4 is 28.3 Å². The molecule has 1 N–H and O–H groups in total. The van der Waals surface area contributed by atoms with Crippen molar-refractivity contribution < 1.29 is 9.72 Å². The summed E-state index contributed by atoms with van der Waals surface area (Å²) in [6.45, 7) is 0.553. The molecular weight excluding hydrogens is 288 g/mol. The summed E-state index contributed by atoms with van der Waals surface area (Å²) in [4.78, 5) is 22.4. The molecule has 0 saturated heterocycles. The van der Waals surface area contributed by atoms with E-state index in [-0.39, 0.29) is 10.9 Å². The summed E-state index contributed by atoms with van der Waals surface area (Å²) >= 11 is 1.04. The summed E-state index contributed by atoms with van der Waals surface area (Å²) in [6.07, 6.45) is 3.74. The largest absolute Gasteiger partial charge is 0.352 e. The highest BCUT2D eigenvalue weighted by molar-refractivity contribution is 7.16. The first-order valence-corrected chi connectivity index (χ1v) is 7.21. The topological polar surface area (TPSA) is 72.2 Å². The van der Waals surface area contributed by atoms with E-state index in [2.05, 4.69) is 5.32 Å². The molecule has 0 aliphatic rings. The Bertz CT molecular complexity index is 650. The molecule has 1 aromatic carbocycles. The van der Waals surface area contributed by atoms with Crippen LogP contribution in [0.5, 0.6) is 0 Å². The van der Waals surface area contributed by atoms with Gasteiger partial charge in [-0.15, -0.1) is 0 Å². The second-order valence-corrected chi connectivity index (χ2v) is 5.39. The molecule has 108 valence electrons. The van der Waals surface area contributed by atoms with Crippen LogP contribution in [-0.4, -0.2) is 17.4 Å². The lowest BCUT2D eigenvalue weighted by Gasteiger charge is -2.02. The minimum atomic E-state index is -0.443. The van der Waals surface area contributed by atoms with Gasteiger partial charge in [-0.2, -0.15) is 0 Å². The first kappa shape index (κ1) is 14.9. The van der Waals surface area contributed by atoms with Gasteiger partial charge < -0.3 is 5.32 Å². The molecular formula is C15H14N2O3S. The van der Waals surface area contributed by atoms with Gasteiger partial charge in [0.15, 0.2) is 0 Å². The SMILES string of the molecule is O=C(/C=C/c1ccc([N+](=O)[O-])s1)NCCc1ccccc1. The predicted molar refractivity (Wildman–Crippen MR) is 83.2 cm³/mol. The number of nitro groups is 1. The molecule has 0 aliphatic carbocycles. The first-order chi connectivity index (χ1) is 10.1. The number of thiophene rings is 1. The van der Waals surface area contributed by atoms with E-state index in [0.29, 0.717) is 11.4 Å². The Morgan fingerprint density at radius 1 is 1.24 bits per heavy atom. The molecule has 0 atom stereocenters. The van der Waals surface area contributed by atoms with E-state index in [1.807, 2.05) is 30.3 Å². The zero-order chi connectivity index (χ0) is 15.1. The zero-order valence-corrected chi connectivity index (χ0v) is 12.0. The summed E-state index contributed by atoms with van der Waals surface area (Å²) in [6, 6.07) is 12.9. The van der Waals surface area contributed by atoms with Crippen molar-refractivity contribution in [2.75, 3.05) is 6.54 Å². The van der Waals surface area contributed by atoms with Crippen LogP contribution in [0.1, 0.15) is 10.4 Å². The third kappa shape index (κ3) is 4.85. The number of carbonyl (C=O) groups excluding carboxylic acids is 1. The van der Waals surface area contributed by atoms with Gasteiger partial charge in [0.2, 0.25) is 5.91 Å². The monoisotopic (exact) mass is 302 g/mol. The average Bonchev–Trinajstić information content (AvgIpc) is 2.95. The predicted octanol–water partition coefficient (Wildman–Crippen LogP) is 3.03. The van der Waals surface area contributed by atoms with Crippen LogP contribution in [0.2, 0.25) is 0 Å². The van der Waals surface area contributed by atoms with Crippen molar-refractivity contribution in [3.05, 3.63) is 69.1 Å². The van der Waals surface area contributed by atoms with Crippen LogP contribution in [0, 0.1) is 10.1 Å². The van der Waals surface area contributed by atoms with E-state index in [1.165, 1.54) is 12.1 Å². The third-order valence-electron chi connectivity index (χ3n) is 2.75. The maximum absolute atomic E-state index is 11.6. The lowest BCUT2D eigenvalue weighted by molar-refractivity contribution is -0.380. The van der Waals surface area contributed by atoms with Gasteiger partial charge in [-0.3, -0.25) is 14.9 Å². The molecule has 0 fully saturated rings. The number of rotatable bonds is 6. The highest BCUT2D eigenvalue weighted by Gasteiger charge is 2.07. The minimum absolute atomic E-state index is 0.0686. The Morgan fingerprint density at radius 2 is 2.00 bits per heavy atom. The summed E-state index contributed by atoms with van der Waals surface area (Å²) in [5, 5.41) is 13.4. The molecule has 0 saturated carbocycles. The Hall–Kier alpha value is -2.47. The standard InChI is InChI=1S/C15H14N2O3S/c18-14(16-11-10-12-4-2-1-3-5-12)8-6-13-7-9-15(21-13)17(19)20/h1-9H,10-11H2,(H,16,18)/b8-6+. The Morgan fingerprint density at radius 3 is 2.67 bits per heavy atom. The normalized spacial score (nSPS) is 10.7. The van der Waals surface area contributed by atoms with Gasteiger partial charge in [0.25, 0.3) is 0 Å². The van der Waals surface area contributed by atoms with Crippen LogP contribution in [0.4, 0.5) is 5.00 Å². The number of amides is 1. The van der Waals surface area contributed by atoms with E-state index in [9.17, 15) is 14.9 Å². The fourth-order valence-electron chi connectivity index (χ4n) is 1.72. The summed E-state index contributed by atoms with van der Waals surface area (Å²) < 4.78 is 0. The van der Waals surface area contributed by atoms with Crippen LogP contribution in [0.3, 0.4) is 0 Å². The van der Waals surface area contributed by atoms with E-state index < -0.39 is 4.92 Å². The molecule has 1 amide bonds. The van der Waals surface area contributed by atoms with Crippen molar-refractivity contribution in [3.8, 4) is 0 Å². The number of nitrogens with zero attached hydrogens (tertiary/aromatic N) is 1. The Labute approximate surface area is 126 Å². The summed E-state index contributed by atoms with van der Waals surface area (Å²) in [5.41, 5.74) is 1.16. The fraction of sp³-hybridized carbons (Fsp3) is 0.133. The molecule has 2 rings (SSSR count). The molecule has 21 heavy (non-hydrogen) atoms. The molecule has 2 aromatic rings. The second-order valence-electron chi connectivity index (χ2n) is 4.29. The lowest BCUT2D eigenvalue weighted by atomic mass is 10.1. The highest BCUT2D eigenvalue weighted by atomic mass is 32.1. The van der Waals surface area contributed by atoms with Gasteiger partial charge in [0.1, 0.15) is 0 Å². The van der Waals surface area contributed by atoms with Gasteiger partial charge in [-0.05, 0) is 24.1 Å². The smallest absolute Gasteiger partial charge is 0.324 e. The van der Waals surface area contributed by atoms with E-state index in [1.54, 1.807) is 12.1 Å². The van der Waals surface area contributed by atoms with Crippen molar-refractivity contribution in [1.29, 1.82) is 0 Å². The number of hydrogen-bond acceptors (Lipinski definition) is 4. The number of benzene rings is 1. The Kier molecular flexibility index (Phi) is 5.22. The molecule has 0 spiro atoms. The molecule has 0 bridgehead atoms. The van der Waals surface area contributed by atoms with Crippen LogP contribution in [0.15, 0.2) is 48.5 Å². The van der Waals surface area contributed by atoms with E-state index >= 15 is 0 Å². The summed E-state index contributed by atoms with van der Waals surface area (Å²) in [7, 11) is 0. The number of hydrogen-bond donors (Lipinski definition) is 1. The molecule has 0 radical (unpaired) electrons. The molecule has 5 nitrogen and oxygen atoms in total. The van der Waals surface area contributed by atoms with Crippen molar-refractivity contribution in [1.82, 2.24) is 5.32 Å². The van der Waals surface area contributed by atoms with Gasteiger partial charge in [-0.1, -0.05) is 41.7 Å². The van der Waals surface area contributed by atoms with Crippen molar-refractivity contribution in [2.45, 2.75) is 6.42 Å². The molecule has 1 aromatic heterocycles. The number of carbonyl (C=O) groups is 1. The van der Waals surface area contributed by atoms with Crippen LogP contribution in [0.25, 0.3) is 6.08 Å². The highest BCUT2D eigenvalue weighted by Crippen LogP contribution is 2.24. The summed E-state index contributed by atoms with van der Waals surface area (Å²) in [5.74, 6) is -0.206. The minimum Gasteiger partial charge on any atom is -0.352 e. The van der Waals surface area contributed by atoms with E-state index in [4.69, 9.17) is 0 Å². The molecule has 0 aliphatic heterocycles. The maximum atomic E-state index is 11.6. The third-order valence-corrected chi connectivity index (χ3v) is 3.75. The van der Waals surface area contributed by atoms with E-state index in [0.717, 1.165) is 23.3 Å². The van der Waals surface area contributed by atoms with Gasteiger partial charge in [0.05, 0.1) is 4.92 Å². The van der Waals surface area contributed by atoms with Crippen LogP contribution < -0.4 is 5.32 Å². The quantitative estimate of drug-likeness (QED) is 0.506. The Balaban J connectivity index is 1.78. The van der Waals surface area contributed by atoms with Crippen LogP contribution in [-0.2, 0) is 11.2 Å².